The van der Waals surface area contributed by atoms with Crippen LogP contribution in [-0.2, 0) is 6.54 Å². The van der Waals surface area contributed by atoms with Gasteiger partial charge in [0.2, 0.25) is 0 Å². The van der Waals surface area contributed by atoms with Crippen molar-refractivity contribution in [3.63, 3.8) is 0 Å². The van der Waals surface area contributed by atoms with Crippen molar-refractivity contribution in [3.8, 4) is 10.6 Å². The van der Waals surface area contributed by atoms with Crippen LogP contribution in [0, 0.1) is 12.7 Å². The number of nitrogens with one attached hydrogen (secondary N) is 1. The first kappa shape index (κ1) is 13.8. The summed E-state index contributed by atoms with van der Waals surface area (Å²) in [7, 11) is 0. The Hall–Kier alpha value is -2.20. The molecule has 0 aliphatic heterocycles. The first-order valence-electron chi connectivity index (χ1n) is 6.71. The molecule has 2 nitrogen and oxygen atoms in total. The summed E-state index contributed by atoms with van der Waals surface area (Å²) in [4.78, 5) is 4.31. The molecule has 3 rings (SSSR count). The second-order valence-electron chi connectivity index (χ2n) is 4.86. The molecule has 1 aromatic heterocycles. The smallest absolute Gasteiger partial charge is 0.126 e. The molecule has 1 N–H and O–H groups in total. The highest BCUT2D eigenvalue weighted by molar-refractivity contribution is 7.13. The molecule has 2 aromatic carbocycles. The Bertz CT molecular complexity index is 738. The first-order valence-corrected chi connectivity index (χ1v) is 7.59. The lowest BCUT2D eigenvalue weighted by Crippen LogP contribution is -2.00. The lowest BCUT2D eigenvalue weighted by atomic mass is 10.1. The summed E-state index contributed by atoms with van der Waals surface area (Å²) in [6.07, 6.45) is 1.80. The van der Waals surface area contributed by atoms with Crippen molar-refractivity contribution in [2.45, 2.75) is 13.5 Å². The molecule has 0 saturated carbocycles. The highest BCUT2D eigenvalue weighted by atomic mass is 32.1. The van der Waals surface area contributed by atoms with Gasteiger partial charge in [-0.05, 0) is 36.2 Å². The standard InChI is InChI=1S/C17H15FN2S/c1-12-5-6-13(9-16(12)18)11-20-15-4-2-3-14(10-15)17-19-7-8-21-17/h2-10,20H,11H2,1H3. The molecular weight excluding hydrogens is 283 g/mol. The average molecular weight is 298 g/mol. The van der Waals surface area contributed by atoms with Gasteiger partial charge >= 0.3 is 0 Å². The highest BCUT2D eigenvalue weighted by Gasteiger charge is 2.03. The van der Waals surface area contributed by atoms with Gasteiger partial charge in [0.25, 0.3) is 0 Å². The number of aryl methyl sites for hydroxylation is 1. The summed E-state index contributed by atoms with van der Waals surface area (Å²) in [5.41, 5.74) is 3.69. The Morgan fingerprint density at radius 2 is 2.10 bits per heavy atom. The SMILES string of the molecule is Cc1ccc(CNc2cccc(-c3nccs3)c2)cc1F. The molecule has 4 heteroatoms. The minimum Gasteiger partial charge on any atom is -0.381 e. The van der Waals surface area contributed by atoms with E-state index in [0.717, 1.165) is 21.8 Å². The Morgan fingerprint density at radius 1 is 1.19 bits per heavy atom. The van der Waals surface area contributed by atoms with Crippen molar-refractivity contribution in [1.29, 1.82) is 0 Å². The lowest BCUT2D eigenvalue weighted by Gasteiger charge is -2.08. The van der Waals surface area contributed by atoms with Crippen LogP contribution in [0.15, 0.2) is 54.0 Å². The van der Waals surface area contributed by atoms with Crippen LogP contribution >= 0.6 is 11.3 Å². The summed E-state index contributed by atoms with van der Waals surface area (Å²) >= 11 is 1.61. The van der Waals surface area contributed by atoms with Gasteiger partial charge in [0.1, 0.15) is 10.8 Å². The van der Waals surface area contributed by atoms with Crippen LogP contribution in [0.25, 0.3) is 10.6 Å². The quantitative estimate of drug-likeness (QED) is 0.743. The van der Waals surface area contributed by atoms with E-state index in [-0.39, 0.29) is 5.82 Å². The van der Waals surface area contributed by atoms with Gasteiger partial charge in [-0.1, -0.05) is 24.3 Å². The number of rotatable bonds is 4. The van der Waals surface area contributed by atoms with Gasteiger partial charge in [0.15, 0.2) is 0 Å². The maximum Gasteiger partial charge on any atom is 0.126 e. The van der Waals surface area contributed by atoms with E-state index < -0.39 is 0 Å². The fourth-order valence-electron chi connectivity index (χ4n) is 2.08. The molecule has 0 aliphatic rings. The van der Waals surface area contributed by atoms with E-state index in [9.17, 15) is 4.39 Å². The molecule has 21 heavy (non-hydrogen) atoms. The molecular formula is C17H15FN2S. The molecule has 0 unspecified atom stereocenters. The third kappa shape index (κ3) is 3.28. The molecule has 0 atom stereocenters. The molecule has 0 aliphatic carbocycles. The van der Waals surface area contributed by atoms with Crippen molar-refractivity contribution in [2.24, 2.45) is 0 Å². The van der Waals surface area contributed by atoms with Gasteiger partial charge in [0, 0.05) is 29.4 Å². The second-order valence-corrected chi connectivity index (χ2v) is 5.75. The van der Waals surface area contributed by atoms with Crippen molar-refractivity contribution < 1.29 is 4.39 Å². The van der Waals surface area contributed by atoms with Crippen molar-refractivity contribution in [1.82, 2.24) is 4.98 Å². The minimum absolute atomic E-state index is 0.161. The summed E-state index contributed by atoms with van der Waals surface area (Å²) in [5.74, 6) is -0.161. The zero-order valence-electron chi connectivity index (χ0n) is 11.6. The lowest BCUT2D eigenvalue weighted by molar-refractivity contribution is 0.616. The Morgan fingerprint density at radius 3 is 2.86 bits per heavy atom. The molecule has 0 amide bonds. The van der Waals surface area contributed by atoms with Gasteiger partial charge in [-0.15, -0.1) is 11.3 Å². The third-order valence-corrected chi connectivity index (χ3v) is 4.10. The zero-order chi connectivity index (χ0) is 14.7. The Labute approximate surface area is 127 Å². The number of hydrogen-bond donors (Lipinski definition) is 1. The van der Waals surface area contributed by atoms with Gasteiger partial charge in [-0.25, -0.2) is 9.37 Å². The second kappa shape index (κ2) is 6.06. The Balaban J connectivity index is 1.73. The first-order chi connectivity index (χ1) is 10.2. The predicted octanol–water partition coefficient (Wildman–Crippen LogP) is 4.87. The monoisotopic (exact) mass is 298 g/mol. The fraction of sp³-hybridized carbons (Fsp3) is 0.118. The van der Waals surface area contributed by atoms with Gasteiger partial charge < -0.3 is 5.32 Å². The number of thiazole rings is 1. The highest BCUT2D eigenvalue weighted by Crippen LogP contribution is 2.24. The number of nitrogens with zero attached hydrogens (tertiary/aromatic N) is 1. The fourth-order valence-corrected chi connectivity index (χ4v) is 2.71. The number of aromatic nitrogens is 1. The number of benzene rings is 2. The molecule has 0 fully saturated rings. The van der Waals surface area contributed by atoms with Crippen LogP contribution in [0.4, 0.5) is 10.1 Å². The van der Waals surface area contributed by atoms with Crippen LogP contribution in [0.1, 0.15) is 11.1 Å². The van der Waals surface area contributed by atoms with Crippen LogP contribution in [-0.4, -0.2) is 4.98 Å². The van der Waals surface area contributed by atoms with Crippen molar-refractivity contribution >= 4 is 17.0 Å². The van der Waals surface area contributed by atoms with E-state index in [1.807, 2.05) is 29.6 Å². The molecule has 3 aromatic rings. The predicted molar refractivity (Wildman–Crippen MR) is 86.0 cm³/mol. The van der Waals surface area contributed by atoms with E-state index in [1.54, 1.807) is 36.6 Å². The van der Waals surface area contributed by atoms with E-state index >= 15 is 0 Å². The summed E-state index contributed by atoms with van der Waals surface area (Å²) in [5, 5.41) is 6.28. The topological polar surface area (TPSA) is 24.9 Å². The number of hydrogen-bond acceptors (Lipinski definition) is 3. The van der Waals surface area contributed by atoms with Crippen molar-refractivity contribution in [3.05, 3.63) is 71.0 Å². The normalized spacial score (nSPS) is 10.6. The summed E-state index contributed by atoms with van der Waals surface area (Å²) in [6, 6.07) is 13.4. The number of anilines is 1. The van der Waals surface area contributed by atoms with E-state index in [2.05, 4.69) is 16.4 Å². The van der Waals surface area contributed by atoms with Gasteiger partial charge in [-0.3, -0.25) is 0 Å². The van der Waals surface area contributed by atoms with E-state index in [0.29, 0.717) is 12.1 Å². The molecule has 106 valence electrons. The van der Waals surface area contributed by atoms with Crippen molar-refractivity contribution in [2.75, 3.05) is 5.32 Å². The molecule has 0 bridgehead atoms. The molecule has 0 spiro atoms. The van der Waals surface area contributed by atoms with Crippen LogP contribution in [0.3, 0.4) is 0 Å². The van der Waals surface area contributed by atoms with Gasteiger partial charge in [-0.2, -0.15) is 0 Å². The zero-order valence-corrected chi connectivity index (χ0v) is 12.5. The molecule has 0 saturated heterocycles. The third-order valence-electron chi connectivity index (χ3n) is 3.27. The molecule has 1 heterocycles. The summed E-state index contributed by atoms with van der Waals surface area (Å²) in [6.45, 7) is 2.36. The minimum atomic E-state index is -0.161. The van der Waals surface area contributed by atoms with E-state index in [1.165, 1.54) is 0 Å². The van der Waals surface area contributed by atoms with E-state index in [4.69, 9.17) is 0 Å². The van der Waals surface area contributed by atoms with Crippen LogP contribution in [0.2, 0.25) is 0 Å². The van der Waals surface area contributed by atoms with Crippen LogP contribution < -0.4 is 5.32 Å². The summed E-state index contributed by atoms with van der Waals surface area (Å²) < 4.78 is 13.5. The average Bonchev–Trinajstić information content (AvgIpc) is 3.03. The molecule has 0 radical (unpaired) electrons. The Kier molecular flexibility index (Phi) is 3.97. The van der Waals surface area contributed by atoms with Crippen LogP contribution in [0.5, 0.6) is 0 Å². The maximum absolute atomic E-state index is 13.5. The largest absolute Gasteiger partial charge is 0.381 e. The maximum atomic E-state index is 13.5. The number of halogens is 1. The van der Waals surface area contributed by atoms with Gasteiger partial charge in [0.05, 0.1) is 0 Å².